The van der Waals surface area contributed by atoms with Crippen LogP contribution in [0, 0.1) is 17.8 Å². The lowest BCUT2D eigenvalue weighted by Gasteiger charge is -2.48. The highest BCUT2D eigenvalue weighted by Crippen LogP contribution is 2.46. The summed E-state index contributed by atoms with van der Waals surface area (Å²) in [5.74, 6) is 1.17. The van der Waals surface area contributed by atoms with Gasteiger partial charge in [-0.25, -0.2) is 0 Å². The van der Waals surface area contributed by atoms with Gasteiger partial charge in [0, 0.05) is 12.1 Å². The fourth-order valence-corrected chi connectivity index (χ4v) is 4.39. The fraction of sp³-hybridized carbons (Fsp3) is 0.632. The highest BCUT2D eigenvalue weighted by molar-refractivity contribution is 5.74. The van der Waals surface area contributed by atoms with Crippen LogP contribution in [0.1, 0.15) is 51.1 Å². The van der Waals surface area contributed by atoms with E-state index in [-0.39, 0.29) is 24.0 Å². The third-order valence-electron chi connectivity index (χ3n) is 5.52. The average Bonchev–Trinajstić information content (AvgIpc) is 2.56. The van der Waals surface area contributed by atoms with Gasteiger partial charge in [0.15, 0.2) is 0 Å². The molecule has 1 aromatic carbocycles. The first kappa shape index (κ1) is 15.5. The molecule has 22 heavy (non-hydrogen) atoms. The van der Waals surface area contributed by atoms with Crippen molar-refractivity contribution in [2.24, 2.45) is 17.8 Å². The van der Waals surface area contributed by atoms with Gasteiger partial charge in [-0.1, -0.05) is 30.3 Å². The molecule has 3 atom stereocenters. The van der Waals surface area contributed by atoms with Crippen molar-refractivity contribution in [3.05, 3.63) is 35.9 Å². The first-order chi connectivity index (χ1) is 10.7. The number of hydrogen-bond donors (Lipinski definition) is 1. The first-order valence-corrected chi connectivity index (χ1v) is 8.68. The molecule has 0 heterocycles. The molecule has 3 nitrogen and oxygen atoms in total. The van der Waals surface area contributed by atoms with Crippen LogP contribution >= 0.6 is 0 Å². The Morgan fingerprint density at radius 2 is 1.82 bits per heavy atom. The van der Waals surface area contributed by atoms with Crippen LogP contribution in [0.15, 0.2) is 30.3 Å². The lowest BCUT2D eigenvalue weighted by molar-refractivity contribution is -0.156. The Hall–Kier alpha value is -1.35. The largest absolute Gasteiger partial charge is 0.466 e. The second-order valence-electron chi connectivity index (χ2n) is 6.78. The average molecular weight is 301 g/mol. The predicted molar refractivity (Wildman–Crippen MR) is 87.4 cm³/mol. The Morgan fingerprint density at radius 1 is 1.18 bits per heavy atom. The van der Waals surface area contributed by atoms with Gasteiger partial charge in [-0.2, -0.15) is 0 Å². The SMILES string of the molecule is CCOC(=O)[C@@H]1C2CCC(CC2)[C@H]1N[C@@H](C)c1ccccc1. The topological polar surface area (TPSA) is 38.3 Å². The Balaban J connectivity index is 1.75. The molecule has 120 valence electrons. The zero-order valence-electron chi connectivity index (χ0n) is 13.6. The van der Waals surface area contributed by atoms with Gasteiger partial charge in [0.2, 0.25) is 0 Å². The van der Waals surface area contributed by atoms with Gasteiger partial charge in [0.1, 0.15) is 0 Å². The standard InChI is InChI=1S/C19H27NO2/c1-3-22-19(21)17-15-9-11-16(12-10-15)18(17)20-13(2)14-7-5-4-6-8-14/h4-8,13,15-18,20H,3,9-12H2,1-2H3/t13-,15?,16?,17+,18+/m0/s1. The predicted octanol–water partition coefficient (Wildman–Crippen LogP) is 3.71. The summed E-state index contributed by atoms with van der Waals surface area (Å²) in [6, 6.07) is 11.0. The van der Waals surface area contributed by atoms with Gasteiger partial charge in [0.25, 0.3) is 0 Å². The van der Waals surface area contributed by atoms with Crippen molar-refractivity contribution in [1.82, 2.24) is 5.32 Å². The molecular formula is C19H27NO2. The number of hydrogen-bond acceptors (Lipinski definition) is 3. The van der Waals surface area contributed by atoms with Crippen molar-refractivity contribution >= 4 is 5.97 Å². The summed E-state index contributed by atoms with van der Waals surface area (Å²) >= 11 is 0. The van der Waals surface area contributed by atoms with E-state index in [9.17, 15) is 4.79 Å². The van der Waals surface area contributed by atoms with Crippen molar-refractivity contribution in [2.75, 3.05) is 6.61 Å². The van der Waals surface area contributed by atoms with Gasteiger partial charge >= 0.3 is 5.97 Å². The van der Waals surface area contributed by atoms with E-state index in [0.29, 0.717) is 18.4 Å². The maximum atomic E-state index is 12.5. The van der Waals surface area contributed by atoms with Crippen LogP contribution < -0.4 is 5.32 Å². The summed E-state index contributed by atoms with van der Waals surface area (Å²) in [5, 5.41) is 3.76. The monoisotopic (exact) mass is 301 g/mol. The number of carbonyl (C=O) groups excluding carboxylic acids is 1. The minimum Gasteiger partial charge on any atom is -0.466 e. The van der Waals surface area contributed by atoms with Gasteiger partial charge in [-0.05, 0) is 56.9 Å². The maximum Gasteiger partial charge on any atom is 0.310 e. The number of ether oxygens (including phenoxy) is 1. The molecule has 3 heteroatoms. The van der Waals surface area contributed by atoms with E-state index >= 15 is 0 Å². The van der Waals surface area contributed by atoms with Crippen molar-refractivity contribution in [1.29, 1.82) is 0 Å². The Kier molecular flexibility index (Phi) is 4.82. The van der Waals surface area contributed by atoms with Gasteiger partial charge in [0.05, 0.1) is 12.5 Å². The van der Waals surface area contributed by atoms with E-state index in [0.717, 1.165) is 0 Å². The molecule has 0 radical (unpaired) electrons. The van der Waals surface area contributed by atoms with Crippen molar-refractivity contribution < 1.29 is 9.53 Å². The molecule has 0 unspecified atom stereocenters. The Morgan fingerprint density at radius 3 is 2.45 bits per heavy atom. The Labute approximate surface area is 133 Å². The van der Waals surface area contributed by atoms with E-state index in [2.05, 4.69) is 36.5 Å². The molecule has 0 spiro atoms. The molecule has 3 fully saturated rings. The molecule has 0 saturated heterocycles. The molecule has 3 aliphatic carbocycles. The third-order valence-corrected chi connectivity index (χ3v) is 5.52. The summed E-state index contributed by atoms with van der Waals surface area (Å²) in [5.41, 5.74) is 1.28. The van der Waals surface area contributed by atoms with Crippen LogP contribution in [0.25, 0.3) is 0 Å². The number of esters is 1. The fourth-order valence-electron chi connectivity index (χ4n) is 4.39. The van der Waals surface area contributed by atoms with Crippen LogP contribution in [-0.4, -0.2) is 18.6 Å². The summed E-state index contributed by atoms with van der Waals surface area (Å²) in [6.45, 7) is 4.57. The summed E-state index contributed by atoms with van der Waals surface area (Å²) in [4.78, 5) is 12.5. The van der Waals surface area contributed by atoms with Crippen LogP contribution in [0.2, 0.25) is 0 Å². The summed E-state index contributed by atoms with van der Waals surface area (Å²) in [6.07, 6.45) is 4.87. The summed E-state index contributed by atoms with van der Waals surface area (Å²) in [7, 11) is 0. The van der Waals surface area contributed by atoms with Crippen LogP contribution in [0.5, 0.6) is 0 Å². The van der Waals surface area contributed by atoms with E-state index in [1.165, 1.54) is 31.2 Å². The number of carbonyl (C=O) groups is 1. The number of rotatable bonds is 5. The molecule has 0 aromatic heterocycles. The first-order valence-electron chi connectivity index (χ1n) is 8.68. The van der Waals surface area contributed by atoms with Crippen LogP contribution in [0.4, 0.5) is 0 Å². The quantitative estimate of drug-likeness (QED) is 0.843. The maximum absolute atomic E-state index is 12.5. The lowest BCUT2D eigenvalue weighted by Crippen LogP contribution is -2.55. The highest BCUT2D eigenvalue weighted by atomic mass is 16.5. The molecule has 0 aliphatic heterocycles. The molecule has 3 saturated carbocycles. The number of nitrogens with one attached hydrogen (secondary N) is 1. The molecular weight excluding hydrogens is 274 g/mol. The van der Waals surface area contributed by atoms with Crippen LogP contribution in [0.3, 0.4) is 0 Å². The highest BCUT2D eigenvalue weighted by Gasteiger charge is 2.48. The third kappa shape index (κ3) is 3.05. The van der Waals surface area contributed by atoms with Gasteiger partial charge in [-0.15, -0.1) is 0 Å². The molecule has 3 aliphatic rings. The minimum atomic E-state index is 0.00895. The lowest BCUT2D eigenvalue weighted by atomic mass is 9.61. The van der Waals surface area contributed by atoms with E-state index in [4.69, 9.17) is 4.74 Å². The number of benzene rings is 1. The smallest absolute Gasteiger partial charge is 0.310 e. The van der Waals surface area contributed by atoms with Crippen molar-refractivity contribution in [2.45, 2.75) is 51.6 Å². The van der Waals surface area contributed by atoms with Crippen molar-refractivity contribution in [3.63, 3.8) is 0 Å². The molecule has 1 aromatic rings. The van der Waals surface area contributed by atoms with E-state index in [1.54, 1.807) is 0 Å². The summed E-state index contributed by atoms with van der Waals surface area (Å²) < 4.78 is 5.37. The minimum absolute atomic E-state index is 0.00895. The zero-order chi connectivity index (χ0) is 15.5. The van der Waals surface area contributed by atoms with Crippen molar-refractivity contribution in [3.8, 4) is 0 Å². The molecule has 1 N–H and O–H groups in total. The molecule has 0 amide bonds. The zero-order valence-corrected chi connectivity index (χ0v) is 13.6. The van der Waals surface area contributed by atoms with Crippen LogP contribution in [-0.2, 0) is 9.53 Å². The van der Waals surface area contributed by atoms with Gasteiger partial charge < -0.3 is 10.1 Å². The molecule has 4 rings (SSSR count). The molecule has 2 bridgehead atoms. The second-order valence-corrected chi connectivity index (χ2v) is 6.78. The second kappa shape index (κ2) is 6.82. The Bertz CT molecular complexity index is 493. The number of fused-ring (bicyclic) bond motifs is 3. The van der Waals surface area contributed by atoms with E-state index in [1.807, 2.05) is 13.0 Å². The van der Waals surface area contributed by atoms with E-state index < -0.39 is 0 Å². The van der Waals surface area contributed by atoms with Gasteiger partial charge in [-0.3, -0.25) is 4.79 Å². The normalized spacial score (nSPS) is 31.7.